The van der Waals surface area contributed by atoms with Crippen molar-refractivity contribution < 1.29 is 14.3 Å². The highest BCUT2D eigenvalue weighted by molar-refractivity contribution is 5.97. The quantitative estimate of drug-likeness (QED) is 0.747. The predicted octanol–water partition coefficient (Wildman–Crippen LogP) is 0.956. The average Bonchev–Trinajstić information content (AvgIpc) is 3.22. The van der Waals surface area contributed by atoms with Crippen LogP contribution in [0.15, 0.2) is 18.2 Å². The third-order valence-electron chi connectivity index (χ3n) is 3.31. The lowest BCUT2D eigenvalue weighted by molar-refractivity contribution is -0.118. The maximum atomic E-state index is 11.8. The van der Waals surface area contributed by atoms with Gasteiger partial charge in [-0.15, -0.1) is 0 Å². The molecule has 0 radical (unpaired) electrons. The smallest absolute Gasteiger partial charge is 0.262 e. The Morgan fingerprint density at radius 1 is 1.40 bits per heavy atom. The maximum absolute atomic E-state index is 11.8. The Hall–Kier alpha value is -2.08. The van der Waals surface area contributed by atoms with Crippen molar-refractivity contribution in [1.82, 2.24) is 5.32 Å². The first-order valence-corrected chi connectivity index (χ1v) is 6.78. The number of fused-ring (bicyclic) bond motifs is 1. The fourth-order valence-electron chi connectivity index (χ4n) is 2.08. The van der Waals surface area contributed by atoms with E-state index in [2.05, 4.69) is 16.0 Å². The third-order valence-corrected chi connectivity index (χ3v) is 3.31. The van der Waals surface area contributed by atoms with Crippen LogP contribution in [-0.4, -0.2) is 31.5 Å². The SMILES string of the molecule is O=C(CNCC1CC1)Nc1ccc2c(c1)NC(=O)CO2. The molecule has 0 atom stereocenters. The zero-order valence-corrected chi connectivity index (χ0v) is 11.1. The van der Waals surface area contributed by atoms with E-state index in [-0.39, 0.29) is 18.4 Å². The molecular weight excluding hydrogens is 258 g/mol. The van der Waals surface area contributed by atoms with Crippen LogP contribution < -0.4 is 20.7 Å². The summed E-state index contributed by atoms with van der Waals surface area (Å²) >= 11 is 0. The Kier molecular flexibility index (Phi) is 3.56. The maximum Gasteiger partial charge on any atom is 0.262 e. The van der Waals surface area contributed by atoms with Crippen LogP contribution in [0.3, 0.4) is 0 Å². The van der Waals surface area contributed by atoms with Gasteiger partial charge >= 0.3 is 0 Å². The minimum absolute atomic E-state index is 0.0315. The molecule has 20 heavy (non-hydrogen) atoms. The standard InChI is InChI=1S/C14H17N3O3/c18-13(7-15-6-9-1-2-9)16-10-3-4-12-11(5-10)17-14(19)8-20-12/h3-5,9,15H,1-2,6-8H2,(H,16,18)(H,17,19). The molecule has 1 fully saturated rings. The van der Waals surface area contributed by atoms with Crippen LogP contribution in [0.25, 0.3) is 0 Å². The second kappa shape index (κ2) is 5.50. The summed E-state index contributed by atoms with van der Waals surface area (Å²) in [6.07, 6.45) is 2.53. The predicted molar refractivity (Wildman–Crippen MR) is 74.8 cm³/mol. The molecule has 3 rings (SSSR count). The highest BCUT2D eigenvalue weighted by Crippen LogP contribution is 2.30. The largest absolute Gasteiger partial charge is 0.482 e. The number of benzene rings is 1. The van der Waals surface area contributed by atoms with Crippen LogP contribution >= 0.6 is 0 Å². The molecule has 6 heteroatoms. The van der Waals surface area contributed by atoms with E-state index in [1.165, 1.54) is 12.8 Å². The molecule has 1 aliphatic heterocycles. The zero-order valence-electron chi connectivity index (χ0n) is 11.1. The molecule has 2 aliphatic rings. The summed E-state index contributed by atoms with van der Waals surface area (Å²) in [6, 6.07) is 5.20. The summed E-state index contributed by atoms with van der Waals surface area (Å²) in [6.45, 7) is 1.24. The summed E-state index contributed by atoms with van der Waals surface area (Å²) in [5, 5.41) is 8.63. The molecule has 6 nitrogen and oxygen atoms in total. The molecule has 0 bridgehead atoms. The van der Waals surface area contributed by atoms with Gasteiger partial charge in [0, 0.05) is 5.69 Å². The molecule has 1 aromatic rings. The van der Waals surface area contributed by atoms with Crippen LogP contribution in [0.2, 0.25) is 0 Å². The van der Waals surface area contributed by atoms with Crippen LogP contribution in [0.5, 0.6) is 5.75 Å². The molecule has 1 heterocycles. The fraction of sp³-hybridized carbons (Fsp3) is 0.429. The van der Waals surface area contributed by atoms with Crippen LogP contribution in [-0.2, 0) is 9.59 Å². The Bertz CT molecular complexity index is 540. The summed E-state index contributed by atoms with van der Waals surface area (Å²) in [5.41, 5.74) is 1.23. The van der Waals surface area contributed by atoms with Gasteiger partial charge in [-0.25, -0.2) is 0 Å². The van der Waals surface area contributed by atoms with E-state index >= 15 is 0 Å². The monoisotopic (exact) mass is 275 g/mol. The van der Waals surface area contributed by atoms with E-state index in [1.54, 1.807) is 18.2 Å². The second-order valence-electron chi connectivity index (χ2n) is 5.17. The Balaban J connectivity index is 1.55. The molecule has 106 valence electrons. The van der Waals surface area contributed by atoms with Crippen LogP contribution in [0.4, 0.5) is 11.4 Å². The first kappa shape index (κ1) is 12.9. The number of carbonyl (C=O) groups is 2. The van der Waals surface area contributed by atoms with Gasteiger partial charge in [0.15, 0.2) is 6.61 Å². The van der Waals surface area contributed by atoms with Gasteiger partial charge in [0.25, 0.3) is 5.91 Å². The molecule has 1 saturated carbocycles. The van der Waals surface area contributed by atoms with Gasteiger partial charge in [0.2, 0.25) is 5.91 Å². The number of amides is 2. The van der Waals surface area contributed by atoms with Gasteiger partial charge in [0.05, 0.1) is 12.2 Å². The number of hydrogen-bond donors (Lipinski definition) is 3. The van der Waals surface area contributed by atoms with Gasteiger partial charge in [-0.2, -0.15) is 0 Å². The fourth-order valence-corrected chi connectivity index (χ4v) is 2.08. The molecule has 3 N–H and O–H groups in total. The van der Waals surface area contributed by atoms with Crippen LogP contribution in [0.1, 0.15) is 12.8 Å². The number of nitrogens with one attached hydrogen (secondary N) is 3. The summed E-state index contributed by atoms with van der Waals surface area (Å²) in [4.78, 5) is 23.0. The first-order chi connectivity index (χ1) is 9.70. The highest BCUT2D eigenvalue weighted by atomic mass is 16.5. The van der Waals surface area contributed by atoms with E-state index in [4.69, 9.17) is 4.74 Å². The highest BCUT2D eigenvalue weighted by Gasteiger charge is 2.20. The van der Waals surface area contributed by atoms with Gasteiger partial charge in [0.1, 0.15) is 5.75 Å². The van der Waals surface area contributed by atoms with E-state index in [0.29, 0.717) is 23.7 Å². The Morgan fingerprint density at radius 2 is 2.25 bits per heavy atom. The minimum atomic E-state index is -0.188. The Morgan fingerprint density at radius 3 is 3.05 bits per heavy atom. The van der Waals surface area contributed by atoms with Gasteiger partial charge < -0.3 is 20.7 Å². The molecule has 0 aromatic heterocycles. The number of rotatable bonds is 5. The van der Waals surface area contributed by atoms with E-state index in [9.17, 15) is 9.59 Å². The first-order valence-electron chi connectivity index (χ1n) is 6.78. The van der Waals surface area contributed by atoms with E-state index in [1.807, 2.05) is 0 Å². The molecule has 1 aromatic carbocycles. The van der Waals surface area contributed by atoms with Crippen molar-refractivity contribution in [3.63, 3.8) is 0 Å². The number of anilines is 2. The van der Waals surface area contributed by atoms with Crippen molar-refractivity contribution >= 4 is 23.2 Å². The summed E-state index contributed by atoms with van der Waals surface area (Å²) in [5.74, 6) is 1.09. The van der Waals surface area contributed by atoms with Gasteiger partial charge in [-0.05, 0) is 43.5 Å². The molecule has 0 spiro atoms. The lowest BCUT2D eigenvalue weighted by atomic mass is 10.2. The molecule has 0 unspecified atom stereocenters. The van der Waals surface area contributed by atoms with Crippen molar-refractivity contribution in [3.05, 3.63) is 18.2 Å². The van der Waals surface area contributed by atoms with Crippen molar-refractivity contribution in [2.45, 2.75) is 12.8 Å². The van der Waals surface area contributed by atoms with Crippen molar-refractivity contribution in [3.8, 4) is 5.75 Å². The average molecular weight is 275 g/mol. The Labute approximate surface area is 116 Å². The summed E-state index contributed by atoms with van der Waals surface area (Å²) in [7, 11) is 0. The lowest BCUT2D eigenvalue weighted by Crippen LogP contribution is -2.29. The van der Waals surface area contributed by atoms with Crippen LogP contribution in [0, 0.1) is 5.92 Å². The summed E-state index contributed by atoms with van der Waals surface area (Å²) < 4.78 is 5.26. The van der Waals surface area contributed by atoms with Crippen molar-refractivity contribution in [2.75, 3.05) is 30.3 Å². The second-order valence-corrected chi connectivity index (χ2v) is 5.17. The zero-order chi connectivity index (χ0) is 13.9. The normalized spacial score (nSPS) is 16.9. The minimum Gasteiger partial charge on any atom is -0.482 e. The number of carbonyl (C=O) groups excluding carboxylic acids is 2. The molecular formula is C14H17N3O3. The van der Waals surface area contributed by atoms with Gasteiger partial charge in [-0.3, -0.25) is 9.59 Å². The van der Waals surface area contributed by atoms with E-state index in [0.717, 1.165) is 12.5 Å². The number of hydrogen-bond acceptors (Lipinski definition) is 4. The van der Waals surface area contributed by atoms with E-state index < -0.39 is 0 Å². The molecule has 0 saturated heterocycles. The topological polar surface area (TPSA) is 79.5 Å². The molecule has 1 aliphatic carbocycles. The van der Waals surface area contributed by atoms with Gasteiger partial charge in [-0.1, -0.05) is 0 Å². The van der Waals surface area contributed by atoms with Crippen molar-refractivity contribution in [1.29, 1.82) is 0 Å². The number of ether oxygens (including phenoxy) is 1. The van der Waals surface area contributed by atoms with Crippen molar-refractivity contribution in [2.24, 2.45) is 5.92 Å². The molecule has 2 amide bonds. The third kappa shape index (κ3) is 3.27. The lowest BCUT2D eigenvalue weighted by Gasteiger charge is -2.18.